The average Bonchev–Trinajstić information content (AvgIpc) is 3.52. The third-order valence-corrected chi connectivity index (χ3v) is 5.67. The molecule has 0 aromatic carbocycles. The van der Waals surface area contributed by atoms with Crippen molar-refractivity contribution in [1.29, 1.82) is 0 Å². The molecule has 1 aliphatic heterocycles. The molecule has 0 amide bonds. The van der Waals surface area contributed by atoms with Crippen molar-refractivity contribution in [3.8, 4) is 22.8 Å². The first-order valence-corrected chi connectivity index (χ1v) is 9.79. The summed E-state index contributed by atoms with van der Waals surface area (Å²) in [4.78, 5) is 17.3. The van der Waals surface area contributed by atoms with Crippen LogP contribution in [0.2, 0.25) is 0 Å². The highest BCUT2D eigenvalue weighted by Crippen LogP contribution is 2.32. The Kier molecular flexibility index (Phi) is 3.70. The van der Waals surface area contributed by atoms with Gasteiger partial charge in [-0.1, -0.05) is 0 Å². The molecular formula is C21H19N7O. The van der Waals surface area contributed by atoms with E-state index in [0.29, 0.717) is 11.6 Å². The van der Waals surface area contributed by atoms with E-state index in [1.54, 1.807) is 18.7 Å². The third kappa shape index (κ3) is 2.72. The van der Waals surface area contributed by atoms with Gasteiger partial charge in [0.05, 0.1) is 23.4 Å². The van der Waals surface area contributed by atoms with Gasteiger partial charge in [0.15, 0.2) is 11.5 Å². The Bertz CT molecular complexity index is 1300. The Morgan fingerprint density at radius 2 is 2.03 bits per heavy atom. The van der Waals surface area contributed by atoms with Crippen molar-refractivity contribution in [3.05, 3.63) is 48.7 Å². The number of pyridine rings is 2. The van der Waals surface area contributed by atoms with E-state index in [-0.39, 0.29) is 0 Å². The average molecular weight is 385 g/mol. The molecule has 0 bridgehead atoms. The molecule has 1 aliphatic rings. The maximum atomic E-state index is 5.22. The number of nitrogens with one attached hydrogen (secondary N) is 3. The lowest BCUT2D eigenvalue weighted by Crippen LogP contribution is -2.26. The molecular weight excluding hydrogens is 366 g/mol. The minimum Gasteiger partial charge on any atom is -0.472 e. The van der Waals surface area contributed by atoms with Crippen LogP contribution < -0.4 is 5.32 Å². The molecule has 0 radical (unpaired) electrons. The number of hydrogen-bond donors (Lipinski definition) is 3. The van der Waals surface area contributed by atoms with Crippen molar-refractivity contribution in [2.24, 2.45) is 0 Å². The van der Waals surface area contributed by atoms with Gasteiger partial charge >= 0.3 is 0 Å². The van der Waals surface area contributed by atoms with Gasteiger partial charge in [0.1, 0.15) is 16.9 Å². The summed E-state index contributed by atoms with van der Waals surface area (Å²) in [5.74, 6) is 1.26. The molecule has 1 saturated heterocycles. The highest BCUT2D eigenvalue weighted by molar-refractivity contribution is 5.95. The first kappa shape index (κ1) is 16.4. The van der Waals surface area contributed by atoms with E-state index in [0.717, 1.165) is 65.1 Å². The number of hydrogen-bond acceptors (Lipinski definition) is 6. The van der Waals surface area contributed by atoms with Gasteiger partial charge in [-0.2, -0.15) is 5.10 Å². The van der Waals surface area contributed by atoms with Crippen LogP contribution in [0.4, 0.5) is 0 Å². The van der Waals surface area contributed by atoms with E-state index in [9.17, 15) is 0 Å². The molecule has 5 aromatic rings. The summed E-state index contributed by atoms with van der Waals surface area (Å²) in [7, 11) is 0. The van der Waals surface area contributed by atoms with Gasteiger partial charge in [0.2, 0.25) is 0 Å². The van der Waals surface area contributed by atoms with E-state index < -0.39 is 0 Å². The molecule has 8 heteroatoms. The SMILES string of the molecule is c1cc2[nH]c(-c3[nH]nc4ncc(C5CCNCC5)cc34)nc2c(-c2ccoc2)n1. The third-order valence-electron chi connectivity index (χ3n) is 5.67. The van der Waals surface area contributed by atoms with Gasteiger partial charge in [0.25, 0.3) is 0 Å². The van der Waals surface area contributed by atoms with Gasteiger partial charge in [-0.15, -0.1) is 0 Å². The first-order valence-electron chi connectivity index (χ1n) is 9.79. The second-order valence-electron chi connectivity index (χ2n) is 7.42. The number of rotatable bonds is 3. The molecule has 0 atom stereocenters. The normalized spacial score (nSPS) is 15.4. The largest absolute Gasteiger partial charge is 0.472 e. The van der Waals surface area contributed by atoms with Gasteiger partial charge in [0, 0.05) is 18.0 Å². The van der Waals surface area contributed by atoms with E-state index in [1.807, 2.05) is 18.3 Å². The Labute approximate surface area is 165 Å². The fraction of sp³-hybridized carbons (Fsp3) is 0.238. The number of aromatic amines is 2. The molecule has 0 saturated carbocycles. The van der Waals surface area contributed by atoms with E-state index in [1.165, 1.54) is 5.56 Å². The van der Waals surface area contributed by atoms with Gasteiger partial charge < -0.3 is 14.7 Å². The van der Waals surface area contributed by atoms with Crippen LogP contribution in [0.15, 0.2) is 47.5 Å². The Balaban J connectivity index is 1.48. The maximum Gasteiger partial charge on any atom is 0.181 e. The monoisotopic (exact) mass is 385 g/mol. The predicted octanol–water partition coefficient (Wildman–Crippen LogP) is 3.62. The second-order valence-corrected chi connectivity index (χ2v) is 7.42. The predicted molar refractivity (Wildman–Crippen MR) is 109 cm³/mol. The lowest BCUT2D eigenvalue weighted by Gasteiger charge is -2.22. The highest BCUT2D eigenvalue weighted by Gasteiger charge is 2.20. The summed E-state index contributed by atoms with van der Waals surface area (Å²) in [5, 5.41) is 11.9. The summed E-state index contributed by atoms with van der Waals surface area (Å²) >= 11 is 0. The fourth-order valence-corrected chi connectivity index (χ4v) is 4.14. The summed E-state index contributed by atoms with van der Waals surface area (Å²) in [5.41, 5.74) is 6.21. The van der Waals surface area contributed by atoms with Crippen molar-refractivity contribution in [2.45, 2.75) is 18.8 Å². The van der Waals surface area contributed by atoms with Crippen LogP contribution in [0.5, 0.6) is 0 Å². The van der Waals surface area contributed by atoms with Crippen molar-refractivity contribution in [2.75, 3.05) is 13.1 Å². The van der Waals surface area contributed by atoms with Crippen molar-refractivity contribution in [1.82, 2.24) is 35.5 Å². The second kappa shape index (κ2) is 6.52. The number of nitrogens with zero attached hydrogens (tertiary/aromatic N) is 4. The summed E-state index contributed by atoms with van der Waals surface area (Å²) in [6.45, 7) is 2.10. The van der Waals surface area contributed by atoms with Gasteiger partial charge in [-0.25, -0.2) is 9.97 Å². The van der Waals surface area contributed by atoms with Crippen molar-refractivity contribution >= 4 is 22.1 Å². The molecule has 1 fully saturated rings. The van der Waals surface area contributed by atoms with Crippen LogP contribution in [0.25, 0.3) is 44.8 Å². The summed E-state index contributed by atoms with van der Waals surface area (Å²) < 4.78 is 5.22. The quantitative estimate of drug-likeness (QED) is 0.438. The number of imidazole rings is 1. The fourth-order valence-electron chi connectivity index (χ4n) is 4.14. The van der Waals surface area contributed by atoms with Crippen LogP contribution in [0.1, 0.15) is 24.3 Å². The Hall–Kier alpha value is -3.52. The molecule has 0 aliphatic carbocycles. The number of H-pyrrole nitrogens is 2. The van der Waals surface area contributed by atoms with E-state index >= 15 is 0 Å². The van der Waals surface area contributed by atoms with Crippen LogP contribution in [0.3, 0.4) is 0 Å². The molecule has 6 heterocycles. The van der Waals surface area contributed by atoms with Gasteiger partial charge in [-0.3, -0.25) is 10.1 Å². The minimum absolute atomic E-state index is 0.531. The van der Waals surface area contributed by atoms with Crippen LogP contribution >= 0.6 is 0 Å². The summed E-state index contributed by atoms with van der Waals surface area (Å²) in [6, 6.07) is 6.02. The van der Waals surface area contributed by atoms with Crippen molar-refractivity contribution < 1.29 is 4.42 Å². The zero-order chi connectivity index (χ0) is 19.2. The Morgan fingerprint density at radius 3 is 2.90 bits per heavy atom. The molecule has 3 N–H and O–H groups in total. The van der Waals surface area contributed by atoms with Crippen LogP contribution in [0, 0.1) is 0 Å². The standard InChI is InChI=1S/C21H19N7O/c1-5-22-6-2-12(1)14-9-15-18(27-28-20(15)24-10-14)21-25-16-3-7-23-17(19(16)26-21)13-4-8-29-11-13/h3-4,7-12,22H,1-2,5-6H2,(H,25,26)(H,24,27,28). The molecule has 29 heavy (non-hydrogen) atoms. The Morgan fingerprint density at radius 1 is 1.10 bits per heavy atom. The molecule has 8 nitrogen and oxygen atoms in total. The molecule has 6 rings (SSSR count). The zero-order valence-electron chi connectivity index (χ0n) is 15.6. The van der Waals surface area contributed by atoms with E-state index in [4.69, 9.17) is 9.40 Å². The topological polar surface area (TPSA) is 108 Å². The molecule has 5 aromatic heterocycles. The number of fused-ring (bicyclic) bond motifs is 2. The number of aromatic nitrogens is 6. The highest BCUT2D eigenvalue weighted by atomic mass is 16.3. The number of piperidine rings is 1. The van der Waals surface area contributed by atoms with Crippen molar-refractivity contribution in [3.63, 3.8) is 0 Å². The van der Waals surface area contributed by atoms with Crippen LogP contribution in [-0.4, -0.2) is 43.2 Å². The number of furan rings is 1. The first-order chi connectivity index (χ1) is 14.4. The van der Waals surface area contributed by atoms with Crippen LogP contribution in [-0.2, 0) is 0 Å². The molecule has 144 valence electrons. The molecule has 0 unspecified atom stereocenters. The lowest BCUT2D eigenvalue weighted by atomic mass is 9.91. The smallest absolute Gasteiger partial charge is 0.181 e. The maximum absolute atomic E-state index is 5.22. The van der Waals surface area contributed by atoms with Gasteiger partial charge in [-0.05, 0) is 55.6 Å². The summed E-state index contributed by atoms with van der Waals surface area (Å²) in [6.07, 6.45) is 9.31. The zero-order valence-corrected chi connectivity index (χ0v) is 15.6. The lowest BCUT2D eigenvalue weighted by molar-refractivity contribution is 0.460. The van der Waals surface area contributed by atoms with E-state index in [2.05, 4.69) is 36.5 Å². The molecule has 0 spiro atoms. The minimum atomic E-state index is 0.531.